The molecule has 0 spiro atoms. The summed E-state index contributed by atoms with van der Waals surface area (Å²) in [5.41, 5.74) is 5.39. The number of amides is 3. The van der Waals surface area contributed by atoms with E-state index in [0.717, 1.165) is 104 Å². The molecular weight excluding hydrogens is 723 g/mol. The molecule has 2 aromatic carbocycles. The number of rotatable bonds is 9. The average Bonchev–Trinajstić information content (AvgIpc) is 4.10. The number of nitrogens with one attached hydrogen (secondary N) is 3. The number of methoxy groups -OCH3 is 1. The summed E-state index contributed by atoms with van der Waals surface area (Å²) in [7, 11) is 1.31. The molecule has 4 saturated heterocycles. The van der Waals surface area contributed by atoms with Crippen molar-refractivity contribution in [1.29, 1.82) is 0 Å². The molecule has 13 heteroatoms. The van der Waals surface area contributed by atoms with Gasteiger partial charge >= 0.3 is 6.09 Å². The Balaban J connectivity index is 0.931. The highest BCUT2D eigenvalue weighted by Crippen LogP contribution is 2.35. The van der Waals surface area contributed by atoms with E-state index < -0.39 is 12.1 Å². The van der Waals surface area contributed by atoms with Gasteiger partial charge in [0.2, 0.25) is 11.8 Å². The number of ether oxygens (including phenoxy) is 3. The number of carbonyl (C=O) groups is 3. The van der Waals surface area contributed by atoms with Crippen LogP contribution in [0.5, 0.6) is 0 Å². The summed E-state index contributed by atoms with van der Waals surface area (Å²) in [4.78, 5) is 59.9. The fourth-order valence-electron chi connectivity index (χ4n) is 8.75. The highest BCUT2D eigenvalue weighted by Gasteiger charge is 2.40. The van der Waals surface area contributed by atoms with Crippen LogP contribution >= 0.6 is 0 Å². The molecule has 4 aliphatic heterocycles. The van der Waals surface area contributed by atoms with E-state index in [1.807, 2.05) is 58.5 Å². The summed E-state index contributed by atoms with van der Waals surface area (Å²) in [6, 6.07) is 15.2. The molecule has 0 unspecified atom stereocenters. The van der Waals surface area contributed by atoms with Crippen molar-refractivity contribution in [2.24, 2.45) is 11.8 Å². The normalized spacial score (nSPS) is 20.9. The number of imidazole rings is 2. The highest BCUT2D eigenvalue weighted by atomic mass is 16.5. The van der Waals surface area contributed by atoms with Crippen molar-refractivity contribution in [3.63, 3.8) is 0 Å². The largest absolute Gasteiger partial charge is 0.453 e. The van der Waals surface area contributed by atoms with E-state index in [0.29, 0.717) is 44.9 Å². The number of likely N-dealkylation sites (tertiary alicyclic amines) is 2. The summed E-state index contributed by atoms with van der Waals surface area (Å²) < 4.78 is 15.9. The monoisotopic (exact) mass is 773 g/mol. The van der Waals surface area contributed by atoms with Crippen LogP contribution in [0.25, 0.3) is 22.5 Å². The molecular formula is C44H51N7O6. The van der Waals surface area contributed by atoms with Crippen molar-refractivity contribution < 1.29 is 28.6 Å². The number of benzene rings is 2. The molecule has 2 aromatic heterocycles. The SMILES string of the molecule is COC(=O)N[C@H](C(=O)N1CCC[C@H]1c1ncc(-c2cccc(C#Cc3cccc(-c4cnc([C@@H]5CCCN5C(=O)CC5CCOCC5)[nH]4)c3)c2)[nH]1)C1CCOCC1. The number of hydrogen-bond donors (Lipinski definition) is 3. The Hall–Kier alpha value is -5.45. The molecule has 298 valence electrons. The Bertz CT molecular complexity index is 2110. The molecule has 57 heavy (non-hydrogen) atoms. The Morgan fingerprint density at radius 2 is 1.33 bits per heavy atom. The lowest BCUT2D eigenvalue weighted by atomic mass is 9.90. The van der Waals surface area contributed by atoms with Crippen LogP contribution in [0.3, 0.4) is 0 Å². The first-order valence-electron chi connectivity index (χ1n) is 20.4. The second-order valence-electron chi connectivity index (χ2n) is 15.5. The molecule has 6 heterocycles. The van der Waals surface area contributed by atoms with Gasteiger partial charge in [-0.2, -0.15) is 0 Å². The van der Waals surface area contributed by atoms with Crippen LogP contribution in [0.2, 0.25) is 0 Å². The van der Waals surface area contributed by atoms with Gasteiger partial charge in [0.1, 0.15) is 17.7 Å². The first kappa shape index (κ1) is 38.4. The van der Waals surface area contributed by atoms with E-state index in [4.69, 9.17) is 24.2 Å². The molecule has 4 aromatic rings. The van der Waals surface area contributed by atoms with Crippen LogP contribution in [-0.4, -0.2) is 100 Å². The third-order valence-corrected chi connectivity index (χ3v) is 11.9. The Morgan fingerprint density at radius 1 is 0.789 bits per heavy atom. The van der Waals surface area contributed by atoms with Crippen molar-refractivity contribution in [2.45, 2.75) is 75.9 Å². The molecule has 3 N–H and O–H groups in total. The van der Waals surface area contributed by atoms with Gasteiger partial charge in [-0.3, -0.25) is 9.59 Å². The molecule has 0 bridgehead atoms. The molecule has 3 amide bonds. The zero-order valence-corrected chi connectivity index (χ0v) is 32.5. The van der Waals surface area contributed by atoms with Crippen molar-refractivity contribution in [1.82, 2.24) is 35.1 Å². The molecule has 4 fully saturated rings. The first-order valence-corrected chi connectivity index (χ1v) is 20.4. The maximum atomic E-state index is 14.0. The second kappa shape index (κ2) is 17.8. The smallest absolute Gasteiger partial charge is 0.407 e. The number of hydrogen-bond acceptors (Lipinski definition) is 8. The van der Waals surface area contributed by atoms with E-state index in [2.05, 4.69) is 33.2 Å². The molecule has 13 nitrogen and oxygen atoms in total. The summed E-state index contributed by atoms with van der Waals surface area (Å²) in [6.45, 7) is 3.97. The predicted molar refractivity (Wildman–Crippen MR) is 212 cm³/mol. The zero-order chi connectivity index (χ0) is 39.1. The van der Waals surface area contributed by atoms with Crippen LogP contribution in [0.4, 0.5) is 4.79 Å². The van der Waals surface area contributed by atoms with Gasteiger partial charge in [0, 0.05) is 68.2 Å². The summed E-state index contributed by atoms with van der Waals surface area (Å²) in [5, 5.41) is 2.81. The third kappa shape index (κ3) is 8.92. The minimum Gasteiger partial charge on any atom is -0.453 e. The van der Waals surface area contributed by atoms with E-state index in [-0.39, 0.29) is 29.8 Å². The first-order chi connectivity index (χ1) is 27.9. The second-order valence-corrected chi connectivity index (χ2v) is 15.5. The van der Waals surface area contributed by atoms with Gasteiger partial charge in [-0.05, 0) is 87.5 Å². The molecule has 3 atom stereocenters. The minimum absolute atomic E-state index is 0.0261. The van der Waals surface area contributed by atoms with Crippen LogP contribution in [0, 0.1) is 23.7 Å². The molecule has 4 aliphatic rings. The average molecular weight is 774 g/mol. The van der Waals surface area contributed by atoms with E-state index in [1.165, 1.54) is 7.11 Å². The number of alkyl carbamates (subject to hydrolysis) is 1. The Kier molecular flexibility index (Phi) is 12.0. The Morgan fingerprint density at radius 3 is 1.91 bits per heavy atom. The standard InChI is InChI=1S/C44H51N7O6/c1-55-44(54)49-40(32-16-22-57-23-17-32)43(53)51-19-5-11-38(51)42-46-28-36(48-42)34-9-3-7-30(25-34)13-12-29-6-2-8-33(24-29)35-27-45-41(47-35)37-10-4-18-50(37)39(52)26-31-14-20-56-21-15-31/h2-3,6-9,24-25,27-28,31-32,37-38,40H,4-5,10-11,14-23,26H2,1H3,(H,45,47)(H,46,48)(H,49,54)/t37-,38-,40-/m0/s1. The summed E-state index contributed by atoms with van der Waals surface area (Å²) >= 11 is 0. The van der Waals surface area contributed by atoms with Crippen LogP contribution in [-0.2, 0) is 23.8 Å². The van der Waals surface area contributed by atoms with Gasteiger partial charge < -0.3 is 39.3 Å². The number of aromatic amines is 2. The van der Waals surface area contributed by atoms with Crippen molar-refractivity contribution in [2.75, 3.05) is 46.6 Å². The number of H-pyrrole nitrogens is 2. The summed E-state index contributed by atoms with van der Waals surface area (Å²) in [5.74, 6) is 8.69. The lowest BCUT2D eigenvalue weighted by Crippen LogP contribution is -2.53. The molecule has 0 saturated carbocycles. The van der Waals surface area contributed by atoms with Crippen molar-refractivity contribution >= 4 is 17.9 Å². The molecule has 0 radical (unpaired) electrons. The predicted octanol–water partition coefficient (Wildman–Crippen LogP) is 6.16. The maximum absolute atomic E-state index is 14.0. The maximum Gasteiger partial charge on any atom is 0.407 e. The fraction of sp³-hybridized carbons (Fsp3) is 0.477. The van der Waals surface area contributed by atoms with Gasteiger partial charge in [-0.25, -0.2) is 14.8 Å². The topological polar surface area (TPSA) is 155 Å². The molecule has 8 rings (SSSR count). The van der Waals surface area contributed by atoms with Crippen molar-refractivity contribution in [3.8, 4) is 34.4 Å². The lowest BCUT2D eigenvalue weighted by molar-refractivity contribution is -0.137. The lowest BCUT2D eigenvalue weighted by Gasteiger charge is -2.34. The fourth-order valence-corrected chi connectivity index (χ4v) is 8.75. The molecule has 0 aliphatic carbocycles. The van der Waals surface area contributed by atoms with Gasteiger partial charge in [0.15, 0.2) is 0 Å². The summed E-state index contributed by atoms with van der Waals surface area (Å²) in [6.07, 6.45) is 10.4. The quantitative estimate of drug-likeness (QED) is 0.171. The Labute approximate surface area is 333 Å². The van der Waals surface area contributed by atoms with Crippen LogP contribution in [0.1, 0.15) is 92.6 Å². The number of aromatic nitrogens is 4. The van der Waals surface area contributed by atoms with E-state index in [9.17, 15) is 14.4 Å². The van der Waals surface area contributed by atoms with Gasteiger partial charge in [-0.1, -0.05) is 36.1 Å². The van der Waals surface area contributed by atoms with Gasteiger partial charge in [0.05, 0.1) is 43.0 Å². The van der Waals surface area contributed by atoms with Crippen LogP contribution < -0.4 is 5.32 Å². The highest BCUT2D eigenvalue weighted by molar-refractivity contribution is 5.86. The van der Waals surface area contributed by atoms with Crippen LogP contribution in [0.15, 0.2) is 60.9 Å². The van der Waals surface area contributed by atoms with Crippen molar-refractivity contribution in [3.05, 3.63) is 83.7 Å². The zero-order valence-electron chi connectivity index (χ0n) is 32.5. The van der Waals surface area contributed by atoms with Gasteiger partial charge in [0.25, 0.3) is 0 Å². The van der Waals surface area contributed by atoms with Gasteiger partial charge in [-0.15, -0.1) is 0 Å². The van der Waals surface area contributed by atoms with E-state index >= 15 is 0 Å². The third-order valence-electron chi connectivity index (χ3n) is 11.9. The minimum atomic E-state index is -0.684. The number of carbonyl (C=O) groups excluding carboxylic acids is 3. The number of nitrogens with zero attached hydrogens (tertiary/aromatic N) is 4. The van der Waals surface area contributed by atoms with E-state index in [1.54, 1.807) is 6.20 Å².